The van der Waals surface area contributed by atoms with Gasteiger partial charge in [-0.1, -0.05) is 164 Å². The second kappa shape index (κ2) is 12.8. The lowest BCUT2D eigenvalue weighted by Gasteiger charge is -2.12. The van der Waals surface area contributed by atoms with Crippen molar-refractivity contribution in [2.75, 3.05) is 0 Å². The Hall–Kier alpha value is -7.89. The highest BCUT2D eigenvalue weighted by Gasteiger charge is 2.19. The molecule has 3 aromatic heterocycles. The van der Waals surface area contributed by atoms with Gasteiger partial charge in [0.05, 0.1) is 5.56 Å². The molecule has 0 N–H and O–H groups in total. The molecule has 12 rings (SSSR count). The summed E-state index contributed by atoms with van der Waals surface area (Å²) < 4.78 is 12.9. The average Bonchev–Trinajstić information content (AvgIpc) is 3.88. The molecule has 0 amide bonds. The number of hydrogen-bond acceptors (Lipinski definition) is 5. The molecule has 12 aromatic rings. The van der Waals surface area contributed by atoms with Crippen LogP contribution in [-0.2, 0) is 0 Å². The molecule has 0 radical (unpaired) electrons. The van der Waals surface area contributed by atoms with Crippen LogP contribution in [-0.4, -0.2) is 15.0 Å². The van der Waals surface area contributed by atoms with Crippen LogP contribution in [0.1, 0.15) is 0 Å². The van der Waals surface area contributed by atoms with E-state index in [1.807, 2.05) is 48.5 Å². The molecule has 58 heavy (non-hydrogen) atoms. The van der Waals surface area contributed by atoms with Gasteiger partial charge in [-0.25, -0.2) is 15.0 Å². The van der Waals surface area contributed by atoms with Crippen LogP contribution < -0.4 is 0 Å². The SMILES string of the molecule is c1cc(-c2nc(-c3ccc(-c4cccc5c4oc4ccccc45)cc3)nc(-c3cccc4c3oc3ccccc34)n2)cc(-c2cccc3ccc4ccccc4c23)c1. The smallest absolute Gasteiger partial charge is 0.167 e. The van der Waals surface area contributed by atoms with Crippen LogP contribution in [0.25, 0.3) is 122 Å². The van der Waals surface area contributed by atoms with Gasteiger partial charge in [-0.15, -0.1) is 0 Å². The minimum absolute atomic E-state index is 0.544. The maximum Gasteiger partial charge on any atom is 0.167 e. The minimum atomic E-state index is 0.544. The predicted octanol–water partition coefficient (Wildman–Crippen LogP) is 14.3. The normalized spacial score (nSPS) is 11.8. The van der Waals surface area contributed by atoms with Crippen LogP contribution in [0.5, 0.6) is 0 Å². The van der Waals surface area contributed by atoms with E-state index in [2.05, 4.69) is 140 Å². The molecule has 5 nitrogen and oxygen atoms in total. The first-order chi connectivity index (χ1) is 28.7. The molecule has 5 heteroatoms. The Balaban J connectivity index is 1.03. The molecule has 0 aliphatic heterocycles. The highest BCUT2D eigenvalue weighted by molar-refractivity contribution is 6.14. The number of furan rings is 2. The van der Waals surface area contributed by atoms with Gasteiger partial charge in [0.1, 0.15) is 22.3 Å². The van der Waals surface area contributed by atoms with Crippen molar-refractivity contribution in [2.45, 2.75) is 0 Å². The fourth-order valence-electron chi connectivity index (χ4n) is 8.58. The lowest BCUT2D eigenvalue weighted by Crippen LogP contribution is -2.00. The first-order valence-corrected chi connectivity index (χ1v) is 19.4. The maximum absolute atomic E-state index is 6.49. The molecule has 270 valence electrons. The van der Waals surface area contributed by atoms with Crippen molar-refractivity contribution in [3.63, 3.8) is 0 Å². The summed E-state index contributed by atoms with van der Waals surface area (Å²) in [6.07, 6.45) is 0. The standard InChI is InChI=1S/C53H31N3O2/c1-2-15-38-32(11-1)25-28-34-12-8-18-39(48(34)38)36-13-7-14-37(31-36)52-54-51(55-53(56-52)45-22-10-21-44-42-17-4-6-24-47(42)58-50(44)45)35-29-26-33(27-30-35)40-19-9-20-43-41-16-3-5-23-46(41)57-49(40)43/h1-31H. The third-order valence-electron chi connectivity index (χ3n) is 11.3. The summed E-state index contributed by atoms with van der Waals surface area (Å²) in [5.41, 5.74) is 10.2. The first-order valence-electron chi connectivity index (χ1n) is 19.4. The number of fused-ring (bicyclic) bond motifs is 9. The van der Waals surface area contributed by atoms with Gasteiger partial charge >= 0.3 is 0 Å². The number of rotatable bonds is 5. The summed E-state index contributed by atoms with van der Waals surface area (Å²) in [4.78, 5) is 15.5. The number of para-hydroxylation sites is 4. The summed E-state index contributed by atoms with van der Waals surface area (Å²) in [7, 11) is 0. The van der Waals surface area contributed by atoms with E-state index in [1.165, 1.54) is 21.5 Å². The molecule has 0 aliphatic carbocycles. The van der Waals surface area contributed by atoms with Crippen molar-refractivity contribution in [3.05, 3.63) is 188 Å². The lowest BCUT2D eigenvalue weighted by atomic mass is 9.93. The highest BCUT2D eigenvalue weighted by Crippen LogP contribution is 2.40. The van der Waals surface area contributed by atoms with E-state index in [0.717, 1.165) is 82.8 Å². The molecule has 0 bridgehead atoms. The zero-order chi connectivity index (χ0) is 38.2. The molecule has 3 heterocycles. The lowest BCUT2D eigenvalue weighted by molar-refractivity contribution is 0.669. The quantitative estimate of drug-likeness (QED) is 0.164. The Morgan fingerprint density at radius 3 is 1.55 bits per heavy atom. The van der Waals surface area contributed by atoms with E-state index in [9.17, 15) is 0 Å². The van der Waals surface area contributed by atoms with Crippen LogP contribution in [0.4, 0.5) is 0 Å². The van der Waals surface area contributed by atoms with E-state index >= 15 is 0 Å². The van der Waals surface area contributed by atoms with Crippen molar-refractivity contribution in [3.8, 4) is 56.4 Å². The average molecular weight is 742 g/mol. The van der Waals surface area contributed by atoms with Crippen LogP contribution in [0.2, 0.25) is 0 Å². The minimum Gasteiger partial charge on any atom is -0.455 e. The molecular weight excluding hydrogens is 711 g/mol. The van der Waals surface area contributed by atoms with E-state index in [-0.39, 0.29) is 0 Å². The predicted molar refractivity (Wildman–Crippen MR) is 237 cm³/mol. The van der Waals surface area contributed by atoms with Crippen LogP contribution in [0, 0.1) is 0 Å². The third kappa shape index (κ3) is 5.14. The Labute approximate surface area is 332 Å². The van der Waals surface area contributed by atoms with Gasteiger partial charge in [0.25, 0.3) is 0 Å². The number of aromatic nitrogens is 3. The Kier molecular flexibility index (Phi) is 7.16. The molecule has 9 aromatic carbocycles. The van der Waals surface area contributed by atoms with Gasteiger partial charge in [0, 0.05) is 38.2 Å². The van der Waals surface area contributed by atoms with Gasteiger partial charge in [-0.05, 0) is 62.5 Å². The van der Waals surface area contributed by atoms with Gasteiger partial charge in [0.2, 0.25) is 0 Å². The molecule has 0 saturated heterocycles. The number of nitrogens with zero attached hydrogens (tertiary/aromatic N) is 3. The summed E-state index contributed by atoms with van der Waals surface area (Å²) in [5.74, 6) is 1.70. The summed E-state index contributed by atoms with van der Waals surface area (Å²) in [6.45, 7) is 0. The fourth-order valence-corrected chi connectivity index (χ4v) is 8.58. The molecule has 0 aliphatic rings. The Morgan fingerprint density at radius 1 is 0.293 bits per heavy atom. The second-order valence-corrected chi connectivity index (χ2v) is 14.7. The molecule has 0 unspecified atom stereocenters. The van der Waals surface area contributed by atoms with Crippen molar-refractivity contribution < 1.29 is 8.83 Å². The van der Waals surface area contributed by atoms with E-state index in [1.54, 1.807) is 0 Å². The van der Waals surface area contributed by atoms with Crippen molar-refractivity contribution in [1.82, 2.24) is 15.0 Å². The molecular formula is C53H31N3O2. The van der Waals surface area contributed by atoms with Crippen LogP contribution in [0.15, 0.2) is 197 Å². The van der Waals surface area contributed by atoms with E-state index in [4.69, 9.17) is 23.8 Å². The summed E-state index contributed by atoms with van der Waals surface area (Å²) in [6, 6.07) is 65.2. The van der Waals surface area contributed by atoms with Crippen LogP contribution >= 0.6 is 0 Å². The van der Waals surface area contributed by atoms with Gasteiger partial charge in [-0.2, -0.15) is 0 Å². The van der Waals surface area contributed by atoms with Gasteiger partial charge in [0.15, 0.2) is 17.5 Å². The Bertz CT molecular complexity index is 3580. The molecule has 0 atom stereocenters. The van der Waals surface area contributed by atoms with E-state index < -0.39 is 0 Å². The summed E-state index contributed by atoms with van der Waals surface area (Å²) in [5, 5.41) is 9.15. The number of hydrogen-bond donors (Lipinski definition) is 0. The molecule has 0 saturated carbocycles. The van der Waals surface area contributed by atoms with Gasteiger partial charge in [-0.3, -0.25) is 0 Å². The monoisotopic (exact) mass is 741 g/mol. The highest BCUT2D eigenvalue weighted by atomic mass is 16.3. The largest absolute Gasteiger partial charge is 0.455 e. The van der Waals surface area contributed by atoms with Crippen molar-refractivity contribution >= 4 is 65.4 Å². The van der Waals surface area contributed by atoms with Crippen LogP contribution in [0.3, 0.4) is 0 Å². The zero-order valence-electron chi connectivity index (χ0n) is 31.1. The maximum atomic E-state index is 6.49. The fraction of sp³-hybridized carbons (Fsp3) is 0. The van der Waals surface area contributed by atoms with E-state index in [0.29, 0.717) is 17.5 Å². The zero-order valence-corrected chi connectivity index (χ0v) is 31.1. The Morgan fingerprint density at radius 2 is 0.793 bits per heavy atom. The van der Waals surface area contributed by atoms with Crippen molar-refractivity contribution in [1.29, 1.82) is 0 Å². The first kappa shape index (κ1) is 32.4. The molecule has 0 spiro atoms. The molecule has 0 fully saturated rings. The van der Waals surface area contributed by atoms with Gasteiger partial charge < -0.3 is 8.83 Å². The van der Waals surface area contributed by atoms with Crippen molar-refractivity contribution in [2.24, 2.45) is 0 Å². The number of benzene rings is 9. The third-order valence-corrected chi connectivity index (χ3v) is 11.3. The summed E-state index contributed by atoms with van der Waals surface area (Å²) >= 11 is 0. The second-order valence-electron chi connectivity index (χ2n) is 14.7. The topological polar surface area (TPSA) is 65.0 Å².